The topological polar surface area (TPSA) is 21.3 Å². The zero-order chi connectivity index (χ0) is 11.1. The van der Waals surface area contributed by atoms with E-state index in [9.17, 15) is 0 Å². The van der Waals surface area contributed by atoms with E-state index in [4.69, 9.17) is 4.74 Å². The van der Waals surface area contributed by atoms with Gasteiger partial charge in [-0.05, 0) is 37.6 Å². The number of hydrogen-bond donors (Lipinski definition) is 1. The molecule has 0 amide bonds. The van der Waals surface area contributed by atoms with E-state index < -0.39 is 0 Å². The molecule has 2 nitrogen and oxygen atoms in total. The van der Waals surface area contributed by atoms with Crippen molar-refractivity contribution in [1.82, 2.24) is 0 Å². The molecule has 1 atom stereocenters. The molecular weight excluding hydrogens is 254 g/mol. The van der Waals surface area contributed by atoms with Gasteiger partial charge in [-0.25, -0.2) is 0 Å². The van der Waals surface area contributed by atoms with E-state index in [-0.39, 0.29) is 0 Å². The second-order valence-electron chi connectivity index (χ2n) is 3.52. The summed E-state index contributed by atoms with van der Waals surface area (Å²) >= 11 is 3.40. The second kappa shape index (κ2) is 6.85. The predicted octanol–water partition coefficient (Wildman–Crippen LogP) is 3.68. The quantitative estimate of drug-likeness (QED) is 0.798. The highest BCUT2D eigenvalue weighted by Crippen LogP contribution is 2.13. The number of rotatable bonds is 6. The number of halogens is 1. The van der Waals surface area contributed by atoms with Crippen molar-refractivity contribution >= 4 is 21.6 Å². The molecule has 0 aliphatic carbocycles. The molecule has 0 radical (unpaired) electrons. The molecule has 3 heteroatoms. The molecule has 15 heavy (non-hydrogen) atoms. The van der Waals surface area contributed by atoms with Gasteiger partial charge in [-0.3, -0.25) is 0 Å². The normalized spacial score (nSPS) is 12.5. The zero-order valence-corrected chi connectivity index (χ0v) is 10.9. The van der Waals surface area contributed by atoms with Crippen LogP contribution in [0.4, 0.5) is 5.69 Å². The van der Waals surface area contributed by atoms with Crippen LogP contribution in [0.5, 0.6) is 0 Å². The van der Waals surface area contributed by atoms with Crippen molar-refractivity contribution in [2.24, 2.45) is 0 Å². The summed E-state index contributed by atoms with van der Waals surface area (Å²) in [6.45, 7) is 5.84. The number of ether oxygens (including phenoxy) is 1. The maximum Gasteiger partial charge on any atom is 0.0642 e. The van der Waals surface area contributed by atoms with Gasteiger partial charge in [0.05, 0.1) is 12.7 Å². The molecule has 84 valence electrons. The summed E-state index contributed by atoms with van der Waals surface area (Å²) in [6, 6.07) is 8.15. The molecule has 0 fully saturated rings. The van der Waals surface area contributed by atoms with Gasteiger partial charge in [-0.2, -0.15) is 0 Å². The molecule has 0 spiro atoms. The molecule has 1 N–H and O–H groups in total. The Balaban J connectivity index is 2.17. The van der Waals surface area contributed by atoms with Crippen molar-refractivity contribution in [3.63, 3.8) is 0 Å². The molecule has 1 unspecified atom stereocenters. The number of anilines is 1. The van der Waals surface area contributed by atoms with E-state index in [1.54, 1.807) is 0 Å². The van der Waals surface area contributed by atoms with Crippen LogP contribution >= 0.6 is 15.9 Å². The van der Waals surface area contributed by atoms with E-state index in [1.807, 2.05) is 24.3 Å². The van der Waals surface area contributed by atoms with Crippen LogP contribution in [0.15, 0.2) is 28.7 Å². The summed E-state index contributed by atoms with van der Waals surface area (Å²) in [7, 11) is 0. The van der Waals surface area contributed by atoms with Gasteiger partial charge in [0.2, 0.25) is 0 Å². The van der Waals surface area contributed by atoms with Crippen LogP contribution in [0.25, 0.3) is 0 Å². The lowest BCUT2D eigenvalue weighted by molar-refractivity contribution is 0.0713. The van der Waals surface area contributed by atoms with Crippen molar-refractivity contribution in [3.05, 3.63) is 28.7 Å². The first-order valence-electron chi connectivity index (χ1n) is 5.33. The lowest BCUT2D eigenvalue weighted by Gasteiger charge is -2.11. The second-order valence-corrected chi connectivity index (χ2v) is 4.44. The van der Waals surface area contributed by atoms with E-state index in [0.717, 1.165) is 29.7 Å². The smallest absolute Gasteiger partial charge is 0.0642 e. The Kier molecular flexibility index (Phi) is 5.73. The highest BCUT2D eigenvalue weighted by molar-refractivity contribution is 9.10. The molecule has 0 saturated heterocycles. The van der Waals surface area contributed by atoms with Crippen LogP contribution < -0.4 is 5.32 Å². The minimum atomic E-state index is 0.358. The van der Waals surface area contributed by atoms with Crippen LogP contribution in [-0.4, -0.2) is 19.3 Å². The van der Waals surface area contributed by atoms with Crippen LogP contribution in [0, 0.1) is 0 Å². The van der Waals surface area contributed by atoms with E-state index >= 15 is 0 Å². The molecule has 0 saturated carbocycles. The lowest BCUT2D eigenvalue weighted by Crippen LogP contribution is -2.14. The average Bonchev–Trinajstić information content (AvgIpc) is 2.26. The van der Waals surface area contributed by atoms with Gasteiger partial charge < -0.3 is 10.1 Å². The fourth-order valence-corrected chi connectivity index (χ4v) is 1.41. The van der Waals surface area contributed by atoms with Crippen LogP contribution in [0.3, 0.4) is 0 Å². The predicted molar refractivity (Wildman–Crippen MR) is 68.3 cm³/mol. The number of benzene rings is 1. The van der Waals surface area contributed by atoms with Gasteiger partial charge in [-0.15, -0.1) is 0 Å². The highest BCUT2D eigenvalue weighted by Gasteiger charge is 1.97. The van der Waals surface area contributed by atoms with Gasteiger partial charge in [0.25, 0.3) is 0 Å². The summed E-state index contributed by atoms with van der Waals surface area (Å²) < 4.78 is 6.67. The number of nitrogens with one attached hydrogen (secondary N) is 1. The molecule has 0 bridgehead atoms. The van der Waals surface area contributed by atoms with Crippen molar-refractivity contribution in [2.75, 3.05) is 18.5 Å². The Bertz CT molecular complexity index is 273. The SMILES string of the molecule is CCC(C)OCCNc1ccc(Br)cc1. The summed E-state index contributed by atoms with van der Waals surface area (Å²) in [5.41, 5.74) is 1.13. The van der Waals surface area contributed by atoms with Crippen molar-refractivity contribution in [2.45, 2.75) is 26.4 Å². The molecule has 0 heterocycles. The molecule has 0 aliphatic rings. The Labute approximate surface area is 100 Å². The average molecular weight is 272 g/mol. The van der Waals surface area contributed by atoms with Gasteiger partial charge in [0, 0.05) is 16.7 Å². The lowest BCUT2D eigenvalue weighted by atomic mass is 10.3. The molecule has 1 rings (SSSR count). The first-order valence-corrected chi connectivity index (χ1v) is 6.12. The maximum atomic E-state index is 5.56. The Morgan fingerprint density at radius 2 is 2.00 bits per heavy atom. The zero-order valence-electron chi connectivity index (χ0n) is 9.29. The van der Waals surface area contributed by atoms with Crippen molar-refractivity contribution in [1.29, 1.82) is 0 Å². The van der Waals surface area contributed by atoms with Crippen molar-refractivity contribution in [3.8, 4) is 0 Å². The Morgan fingerprint density at radius 1 is 1.33 bits per heavy atom. The van der Waals surface area contributed by atoms with Crippen LogP contribution in [-0.2, 0) is 4.74 Å². The summed E-state index contributed by atoms with van der Waals surface area (Å²) in [5.74, 6) is 0. The molecule has 0 aliphatic heterocycles. The van der Waals surface area contributed by atoms with E-state index in [0.29, 0.717) is 6.10 Å². The largest absolute Gasteiger partial charge is 0.383 e. The van der Waals surface area contributed by atoms with Crippen LogP contribution in [0.1, 0.15) is 20.3 Å². The van der Waals surface area contributed by atoms with Crippen molar-refractivity contribution < 1.29 is 4.74 Å². The van der Waals surface area contributed by atoms with Gasteiger partial charge in [0.1, 0.15) is 0 Å². The first kappa shape index (κ1) is 12.5. The fourth-order valence-electron chi connectivity index (χ4n) is 1.14. The monoisotopic (exact) mass is 271 g/mol. The highest BCUT2D eigenvalue weighted by atomic mass is 79.9. The third-order valence-corrected chi connectivity index (χ3v) is 2.78. The summed E-state index contributed by atoms with van der Waals surface area (Å²) in [5, 5.41) is 3.31. The third kappa shape index (κ3) is 5.19. The fraction of sp³-hybridized carbons (Fsp3) is 0.500. The first-order chi connectivity index (χ1) is 7.22. The minimum absolute atomic E-state index is 0.358. The molecule has 0 aromatic heterocycles. The molecular formula is C12H18BrNO. The number of hydrogen-bond acceptors (Lipinski definition) is 2. The minimum Gasteiger partial charge on any atom is -0.383 e. The Morgan fingerprint density at radius 3 is 2.60 bits per heavy atom. The third-order valence-electron chi connectivity index (χ3n) is 2.25. The summed E-state index contributed by atoms with van der Waals surface area (Å²) in [6.07, 6.45) is 1.43. The molecule has 1 aromatic rings. The molecule has 1 aromatic carbocycles. The van der Waals surface area contributed by atoms with Gasteiger partial charge in [0.15, 0.2) is 0 Å². The summed E-state index contributed by atoms with van der Waals surface area (Å²) in [4.78, 5) is 0. The Hall–Kier alpha value is -0.540. The van der Waals surface area contributed by atoms with E-state index in [2.05, 4.69) is 35.1 Å². The van der Waals surface area contributed by atoms with Gasteiger partial charge in [-0.1, -0.05) is 22.9 Å². The van der Waals surface area contributed by atoms with E-state index in [1.165, 1.54) is 0 Å². The van der Waals surface area contributed by atoms with Crippen LogP contribution in [0.2, 0.25) is 0 Å². The van der Waals surface area contributed by atoms with Gasteiger partial charge >= 0.3 is 0 Å². The standard InChI is InChI=1S/C12H18BrNO/c1-3-10(2)15-9-8-14-12-6-4-11(13)5-7-12/h4-7,10,14H,3,8-9H2,1-2H3. The maximum absolute atomic E-state index is 5.56.